The van der Waals surface area contributed by atoms with E-state index in [1.165, 1.54) is 32.4 Å². The Morgan fingerprint density at radius 2 is 2.10 bits per heavy atom. The molecule has 1 aliphatic heterocycles. The second-order valence-corrected chi connectivity index (χ2v) is 7.11. The largest absolute Gasteiger partial charge is 0.368 e. The van der Waals surface area contributed by atoms with Crippen LogP contribution in [0, 0.1) is 11.8 Å². The second-order valence-electron chi connectivity index (χ2n) is 7.11. The summed E-state index contributed by atoms with van der Waals surface area (Å²) in [6.45, 7) is 12.9. The first-order valence-electron chi connectivity index (χ1n) is 8.66. The number of hydrogen-bond donors (Lipinski definition) is 2. The van der Waals surface area contributed by atoms with E-state index < -0.39 is 5.54 Å². The summed E-state index contributed by atoms with van der Waals surface area (Å²) < 4.78 is 0. The lowest BCUT2D eigenvalue weighted by molar-refractivity contribution is -0.124. The van der Waals surface area contributed by atoms with Gasteiger partial charge in [-0.05, 0) is 77.0 Å². The van der Waals surface area contributed by atoms with Crippen LogP contribution in [0.25, 0.3) is 0 Å². The number of nitrogens with two attached hydrogens (primary N) is 1. The van der Waals surface area contributed by atoms with Crippen molar-refractivity contribution in [3.05, 3.63) is 0 Å². The summed E-state index contributed by atoms with van der Waals surface area (Å²) in [4.78, 5) is 14.2. The maximum absolute atomic E-state index is 11.6. The highest BCUT2D eigenvalue weighted by molar-refractivity contribution is 5.84. The summed E-state index contributed by atoms with van der Waals surface area (Å²) in [5, 5.41) is 3.24. The van der Waals surface area contributed by atoms with Gasteiger partial charge in [-0.15, -0.1) is 0 Å². The first kappa shape index (κ1) is 18.4. The predicted octanol–water partition coefficient (Wildman–Crippen LogP) is 2.38. The molecule has 2 atom stereocenters. The van der Waals surface area contributed by atoms with E-state index in [9.17, 15) is 4.79 Å². The normalized spacial score (nSPS) is 23.8. The van der Waals surface area contributed by atoms with Gasteiger partial charge in [0.15, 0.2) is 0 Å². The number of primary amides is 1. The van der Waals surface area contributed by atoms with Crippen molar-refractivity contribution in [1.29, 1.82) is 0 Å². The first-order valence-corrected chi connectivity index (χ1v) is 8.66. The van der Waals surface area contributed by atoms with Gasteiger partial charge >= 0.3 is 0 Å². The number of rotatable bonds is 8. The van der Waals surface area contributed by atoms with Gasteiger partial charge < -0.3 is 16.0 Å². The molecule has 1 fully saturated rings. The van der Waals surface area contributed by atoms with Crippen LogP contribution in [-0.2, 0) is 4.79 Å². The lowest BCUT2D eigenvalue weighted by Crippen LogP contribution is -2.53. The molecule has 0 bridgehead atoms. The molecule has 1 heterocycles. The van der Waals surface area contributed by atoms with Gasteiger partial charge in [-0.2, -0.15) is 0 Å². The Hall–Kier alpha value is -0.610. The molecule has 0 aromatic carbocycles. The highest BCUT2D eigenvalue weighted by Crippen LogP contribution is 2.24. The van der Waals surface area contributed by atoms with Gasteiger partial charge in [-0.1, -0.05) is 20.8 Å². The zero-order valence-electron chi connectivity index (χ0n) is 14.5. The fraction of sp³-hybridized carbons (Fsp3) is 0.941. The quantitative estimate of drug-likeness (QED) is 0.723. The average molecular weight is 297 g/mol. The van der Waals surface area contributed by atoms with E-state index in [1.54, 1.807) is 0 Å². The van der Waals surface area contributed by atoms with Gasteiger partial charge in [0.1, 0.15) is 0 Å². The molecule has 1 amide bonds. The molecule has 0 radical (unpaired) electrons. The summed E-state index contributed by atoms with van der Waals surface area (Å²) in [7, 11) is 0. The fourth-order valence-corrected chi connectivity index (χ4v) is 3.42. The fourth-order valence-electron chi connectivity index (χ4n) is 3.42. The maximum atomic E-state index is 11.6. The van der Waals surface area contributed by atoms with Crippen LogP contribution in [0.1, 0.15) is 59.8 Å². The lowest BCUT2D eigenvalue weighted by Gasteiger charge is -2.28. The first-order chi connectivity index (χ1) is 9.89. The molecule has 0 spiro atoms. The summed E-state index contributed by atoms with van der Waals surface area (Å²) in [5.41, 5.74) is 4.98. The van der Waals surface area contributed by atoms with Crippen molar-refractivity contribution in [3.8, 4) is 0 Å². The molecule has 2 unspecified atom stereocenters. The summed E-state index contributed by atoms with van der Waals surface area (Å²) in [6, 6.07) is 0. The number of likely N-dealkylation sites (tertiary alicyclic amines) is 1. The maximum Gasteiger partial charge on any atom is 0.237 e. The van der Waals surface area contributed by atoms with E-state index in [0.29, 0.717) is 0 Å². The molecule has 21 heavy (non-hydrogen) atoms. The smallest absolute Gasteiger partial charge is 0.237 e. The standard InChI is InChI=1S/C17H35N3O/c1-5-19-17(4,16(18)21)10-7-12-20-11-6-8-15(9-13-20)14(2)3/h14-15,19H,5-13H2,1-4H3,(H2,18,21). The van der Waals surface area contributed by atoms with Crippen LogP contribution >= 0.6 is 0 Å². The van der Waals surface area contributed by atoms with Crippen molar-refractivity contribution in [1.82, 2.24) is 10.2 Å². The monoisotopic (exact) mass is 297 g/mol. The second kappa shape index (κ2) is 8.74. The van der Waals surface area contributed by atoms with Crippen LogP contribution in [0.5, 0.6) is 0 Å². The van der Waals surface area contributed by atoms with E-state index in [4.69, 9.17) is 5.73 Å². The SMILES string of the molecule is CCNC(C)(CCCN1CCCC(C(C)C)CC1)C(N)=O. The summed E-state index contributed by atoms with van der Waals surface area (Å²) in [5.74, 6) is 1.45. The highest BCUT2D eigenvalue weighted by Gasteiger charge is 2.29. The molecule has 0 saturated carbocycles. The number of nitrogens with one attached hydrogen (secondary N) is 1. The lowest BCUT2D eigenvalue weighted by atomic mass is 9.89. The van der Waals surface area contributed by atoms with Crippen LogP contribution < -0.4 is 11.1 Å². The molecule has 1 rings (SSSR count). The molecular formula is C17H35N3O. The van der Waals surface area contributed by atoms with Crippen LogP contribution in [0.4, 0.5) is 0 Å². The number of carbonyl (C=O) groups excluding carboxylic acids is 1. The van der Waals surface area contributed by atoms with E-state index in [0.717, 1.165) is 37.8 Å². The topological polar surface area (TPSA) is 58.4 Å². The molecule has 124 valence electrons. The van der Waals surface area contributed by atoms with E-state index in [2.05, 4.69) is 24.1 Å². The number of hydrogen-bond acceptors (Lipinski definition) is 3. The minimum atomic E-state index is -0.554. The van der Waals surface area contributed by atoms with Gasteiger partial charge in [-0.25, -0.2) is 0 Å². The van der Waals surface area contributed by atoms with Crippen LogP contribution in [0.2, 0.25) is 0 Å². The molecule has 0 aromatic heterocycles. The Morgan fingerprint density at radius 1 is 1.38 bits per heavy atom. The summed E-state index contributed by atoms with van der Waals surface area (Å²) >= 11 is 0. The number of carbonyl (C=O) groups is 1. The van der Waals surface area contributed by atoms with E-state index in [1.807, 2.05) is 13.8 Å². The Labute approximate surface area is 130 Å². The van der Waals surface area contributed by atoms with Crippen molar-refractivity contribution in [3.63, 3.8) is 0 Å². The number of amides is 1. The number of likely N-dealkylation sites (N-methyl/N-ethyl adjacent to an activating group) is 1. The van der Waals surface area contributed by atoms with Crippen LogP contribution in [0.3, 0.4) is 0 Å². The van der Waals surface area contributed by atoms with Crippen molar-refractivity contribution >= 4 is 5.91 Å². The zero-order valence-corrected chi connectivity index (χ0v) is 14.5. The molecule has 4 heteroatoms. The van der Waals surface area contributed by atoms with Crippen molar-refractivity contribution in [2.75, 3.05) is 26.2 Å². The van der Waals surface area contributed by atoms with Crippen LogP contribution in [-0.4, -0.2) is 42.5 Å². The predicted molar refractivity (Wildman–Crippen MR) is 89.1 cm³/mol. The van der Waals surface area contributed by atoms with Crippen molar-refractivity contribution in [2.45, 2.75) is 65.3 Å². The van der Waals surface area contributed by atoms with E-state index >= 15 is 0 Å². The van der Waals surface area contributed by atoms with E-state index in [-0.39, 0.29) is 5.91 Å². The van der Waals surface area contributed by atoms with Gasteiger partial charge in [0, 0.05) is 0 Å². The third-order valence-corrected chi connectivity index (χ3v) is 5.07. The molecule has 1 aliphatic rings. The molecule has 0 aromatic rings. The average Bonchev–Trinajstić information content (AvgIpc) is 2.64. The zero-order chi connectivity index (χ0) is 15.9. The van der Waals surface area contributed by atoms with Crippen molar-refractivity contribution in [2.24, 2.45) is 17.6 Å². The third kappa shape index (κ3) is 5.95. The van der Waals surface area contributed by atoms with Crippen molar-refractivity contribution < 1.29 is 4.79 Å². The Kier molecular flexibility index (Phi) is 7.67. The van der Waals surface area contributed by atoms with Gasteiger partial charge in [0.05, 0.1) is 5.54 Å². The van der Waals surface area contributed by atoms with Gasteiger partial charge in [0.2, 0.25) is 5.91 Å². The summed E-state index contributed by atoms with van der Waals surface area (Å²) in [6.07, 6.45) is 5.84. The molecule has 3 N–H and O–H groups in total. The third-order valence-electron chi connectivity index (χ3n) is 5.07. The minimum Gasteiger partial charge on any atom is -0.368 e. The highest BCUT2D eigenvalue weighted by atomic mass is 16.1. The molecule has 4 nitrogen and oxygen atoms in total. The number of nitrogens with zero attached hydrogens (tertiary/aromatic N) is 1. The van der Waals surface area contributed by atoms with Gasteiger partial charge in [0.25, 0.3) is 0 Å². The Balaban J connectivity index is 2.36. The Morgan fingerprint density at radius 3 is 2.67 bits per heavy atom. The van der Waals surface area contributed by atoms with Gasteiger partial charge in [-0.3, -0.25) is 4.79 Å². The molecular weight excluding hydrogens is 262 g/mol. The van der Waals surface area contributed by atoms with Crippen LogP contribution in [0.15, 0.2) is 0 Å². The minimum absolute atomic E-state index is 0.236. The molecule has 1 saturated heterocycles. The Bertz CT molecular complexity index is 319. The molecule has 0 aliphatic carbocycles.